The Hall–Kier alpha value is -2.85. The van der Waals surface area contributed by atoms with Crippen molar-refractivity contribution in [3.63, 3.8) is 0 Å². The molecule has 0 spiro atoms. The van der Waals surface area contributed by atoms with Crippen molar-refractivity contribution in [2.75, 3.05) is 62.2 Å². The molecule has 17 atom stereocenters. The number of methoxy groups -OCH3 is 3. The average molecular weight is 922 g/mol. The number of rotatable bonds is 13. The number of hydrogen-bond acceptors (Lipinski definition) is 17. The van der Waals surface area contributed by atoms with Crippen molar-refractivity contribution in [3.05, 3.63) is 36.2 Å². The highest BCUT2D eigenvalue weighted by atomic mass is 16.7. The van der Waals surface area contributed by atoms with Crippen molar-refractivity contribution in [3.8, 4) is 11.4 Å². The van der Waals surface area contributed by atoms with Crippen molar-refractivity contribution in [1.29, 1.82) is 0 Å². The summed E-state index contributed by atoms with van der Waals surface area (Å²) in [6, 6.07) is 7.18. The zero-order valence-electron chi connectivity index (χ0n) is 41.2. The van der Waals surface area contributed by atoms with E-state index in [9.17, 15) is 20.1 Å². The zero-order valence-corrected chi connectivity index (χ0v) is 41.2. The number of aliphatic hydroxyl groups excluding tert-OH is 3. The molecule has 0 unspecified atom stereocenters. The first-order valence-electron chi connectivity index (χ1n) is 23.1. The van der Waals surface area contributed by atoms with Crippen LogP contribution >= 0.6 is 0 Å². The van der Waals surface area contributed by atoms with E-state index in [4.69, 9.17) is 42.6 Å². The van der Waals surface area contributed by atoms with Gasteiger partial charge in [0, 0.05) is 45.7 Å². The van der Waals surface area contributed by atoms with Gasteiger partial charge in [-0.05, 0) is 105 Å². The van der Waals surface area contributed by atoms with Crippen LogP contribution in [0.3, 0.4) is 0 Å². The molecule has 370 valence electrons. The predicted octanol–water partition coefficient (Wildman–Crippen LogP) is 3.45. The number of carbonyl (C=O) groups is 1. The molecule has 1 aromatic heterocycles. The van der Waals surface area contributed by atoms with Crippen LogP contribution in [-0.2, 0) is 49.3 Å². The van der Waals surface area contributed by atoms with E-state index in [0.29, 0.717) is 31.6 Å². The maximum atomic E-state index is 14.7. The number of carbonyl (C=O) groups excluding carboxylic acids is 1. The molecule has 3 fully saturated rings. The van der Waals surface area contributed by atoms with Crippen LogP contribution in [0, 0.1) is 23.7 Å². The highest BCUT2D eigenvalue weighted by Crippen LogP contribution is 2.41. The molecule has 0 bridgehead atoms. The minimum Gasteiger partial charge on any atom is -0.497 e. The second-order valence-electron chi connectivity index (χ2n) is 19.6. The summed E-state index contributed by atoms with van der Waals surface area (Å²) in [6.07, 6.45) is -5.30. The first-order chi connectivity index (χ1) is 30.6. The monoisotopic (exact) mass is 922 g/mol. The zero-order chi connectivity index (χ0) is 48.0. The van der Waals surface area contributed by atoms with E-state index in [1.165, 1.54) is 7.11 Å². The number of esters is 1. The van der Waals surface area contributed by atoms with E-state index < -0.39 is 84.3 Å². The molecule has 1 aromatic carbocycles. The van der Waals surface area contributed by atoms with Crippen LogP contribution in [-0.4, -0.2) is 187 Å². The summed E-state index contributed by atoms with van der Waals surface area (Å²) in [4.78, 5) is 18.7. The maximum absolute atomic E-state index is 14.7. The van der Waals surface area contributed by atoms with Crippen LogP contribution in [0.25, 0.3) is 5.69 Å². The van der Waals surface area contributed by atoms with Gasteiger partial charge in [0.15, 0.2) is 12.6 Å². The van der Waals surface area contributed by atoms with Crippen molar-refractivity contribution in [1.82, 2.24) is 24.8 Å². The number of hydrogen-bond donors (Lipinski definition) is 3. The van der Waals surface area contributed by atoms with Crippen molar-refractivity contribution < 1.29 is 62.7 Å². The Morgan fingerprint density at radius 3 is 2.18 bits per heavy atom. The SMILES string of the molecule is COc1ccc(-n2cc(COC[C@H]3CN(C)C[C@@H](C)[C@@H](O)[C@H](C)C[C@@](C)(OC)[C@H](O[C@@H]4O[C@H](C)C[C@H](N(C)C)[C@H]4O)[C@@H](C)[C@H](O[C@H]4C[C@@](C)(OC)[C@@H](O)[C@H](C)O4)[C@@H](C)C(=O)O3)nn2)cc1. The molecule has 3 aliphatic heterocycles. The van der Waals surface area contributed by atoms with Crippen LogP contribution in [0.2, 0.25) is 0 Å². The van der Waals surface area contributed by atoms with E-state index in [2.05, 4.69) is 10.3 Å². The summed E-state index contributed by atoms with van der Waals surface area (Å²) in [5, 5.41) is 43.4. The lowest BCUT2D eigenvalue weighted by Crippen LogP contribution is -2.61. The highest BCUT2D eigenvalue weighted by molar-refractivity contribution is 5.73. The van der Waals surface area contributed by atoms with Gasteiger partial charge in [0.2, 0.25) is 0 Å². The molecule has 0 saturated carbocycles. The minimum atomic E-state index is -1.11. The van der Waals surface area contributed by atoms with Crippen LogP contribution in [0.5, 0.6) is 5.75 Å². The van der Waals surface area contributed by atoms with E-state index in [0.717, 1.165) is 11.4 Å². The van der Waals surface area contributed by atoms with Crippen LogP contribution < -0.4 is 4.74 Å². The molecular formula is C47H79N5O13. The Labute approximate surface area is 386 Å². The third-order valence-corrected chi connectivity index (χ3v) is 14.0. The molecule has 3 N–H and O–H groups in total. The summed E-state index contributed by atoms with van der Waals surface area (Å²) < 4.78 is 58.3. The summed E-state index contributed by atoms with van der Waals surface area (Å²) in [5.41, 5.74) is -0.743. The number of likely N-dealkylation sites (N-methyl/N-ethyl adjacent to an activating group) is 2. The Bertz CT molecular complexity index is 1770. The third kappa shape index (κ3) is 13.0. The molecule has 65 heavy (non-hydrogen) atoms. The highest BCUT2D eigenvalue weighted by Gasteiger charge is 2.52. The molecular weight excluding hydrogens is 843 g/mol. The number of aliphatic hydroxyl groups is 3. The average Bonchev–Trinajstić information content (AvgIpc) is 3.74. The number of cyclic esters (lactones) is 1. The molecule has 0 amide bonds. The summed E-state index contributed by atoms with van der Waals surface area (Å²) >= 11 is 0. The van der Waals surface area contributed by atoms with Gasteiger partial charge in [-0.2, -0.15) is 0 Å². The molecule has 3 aliphatic rings. The van der Waals surface area contributed by atoms with Crippen molar-refractivity contribution in [2.24, 2.45) is 23.7 Å². The second-order valence-corrected chi connectivity index (χ2v) is 19.6. The van der Waals surface area contributed by atoms with Gasteiger partial charge < -0.3 is 67.8 Å². The molecule has 0 aliphatic carbocycles. The fourth-order valence-corrected chi connectivity index (χ4v) is 9.97. The van der Waals surface area contributed by atoms with Gasteiger partial charge in [-0.15, -0.1) is 5.10 Å². The third-order valence-electron chi connectivity index (χ3n) is 14.0. The smallest absolute Gasteiger partial charge is 0.311 e. The molecule has 2 aromatic rings. The van der Waals surface area contributed by atoms with Gasteiger partial charge >= 0.3 is 5.97 Å². The fraction of sp³-hybridized carbons (Fsp3) is 0.809. The standard InChI is InChI=1S/C47H79N5O13/c1-27-20-47(8,59-14)43(65-45-40(54)37(50(9)10)19-29(3)61-45)30(4)41(64-38-21-46(7,58-13)42(55)32(6)62-38)31(5)44(56)63-36(24-51(11)22-28(2)39(27)53)26-60-25-33-23-52(49-48-33)34-15-17-35(57-12)18-16-34/h15-18,23,27-32,36-43,45,53-55H,19-22,24-26H2,1-14H3/t27-,28-,29-,30+,31-,32+,36-,37+,38+,39+,40-,41+,42+,43-,45+,46-,47-/m1/s1. The largest absolute Gasteiger partial charge is 0.497 e. The first-order valence-corrected chi connectivity index (χ1v) is 23.1. The Balaban J connectivity index is 1.50. The quantitative estimate of drug-likeness (QED) is 0.247. The second kappa shape index (κ2) is 23.0. The predicted molar refractivity (Wildman–Crippen MR) is 240 cm³/mol. The van der Waals surface area contributed by atoms with Crippen molar-refractivity contribution in [2.45, 2.75) is 160 Å². The lowest BCUT2D eigenvalue weighted by Gasteiger charge is -2.49. The summed E-state index contributed by atoms with van der Waals surface area (Å²) in [5.74, 6) is -1.89. The Kier molecular flexibility index (Phi) is 18.8. The Morgan fingerprint density at radius 1 is 0.877 bits per heavy atom. The minimum absolute atomic E-state index is 0.0373. The van der Waals surface area contributed by atoms with Crippen LogP contribution in [0.1, 0.15) is 80.3 Å². The normalized spacial score (nSPS) is 39.7. The lowest BCUT2D eigenvalue weighted by molar-refractivity contribution is -0.319. The van der Waals surface area contributed by atoms with E-state index in [1.54, 1.807) is 45.9 Å². The summed E-state index contributed by atoms with van der Waals surface area (Å²) in [7, 11) is 10.5. The molecule has 0 radical (unpaired) electrons. The number of nitrogens with zero attached hydrogens (tertiary/aromatic N) is 5. The molecule has 3 saturated heterocycles. The van der Waals surface area contributed by atoms with Gasteiger partial charge in [-0.25, -0.2) is 4.68 Å². The molecule has 4 heterocycles. The number of benzene rings is 1. The topological polar surface area (TPSA) is 198 Å². The number of aromatic nitrogens is 3. The maximum Gasteiger partial charge on any atom is 0.311 e. The molecule has 18 heteroatoms. The van der Waals surface area contributed by atoms with Crippen LogP contribution in [0.4, 0.5) is 0 Å². The molecule has 18 nitrogen and oxygen atoms in total. The fourth-order valence-electron chi connectivity index (χ4n) is 9.97. The van der Waals surface area contributed by atoms with E-state index in [1.807, 2.05) is 89.8 Å². The van der Waals surface area contributed by atoms with Gasteiger partial charge in [0.05, 0.1) is 79.8 Å². The van der Waals surface area contributed by atoms with Gasteiger partial charge in [0.25, 0.3) is 0 Å². The van der Waals surface area contributed by atoms with Gasteiger partial charge in [0.1, 0.15) is 29.8 Å². The Morgan fingerprint density at radius 2 is 1.55 bits per heavy atom. The molecule has 5 rings (SSSR count). The van der Waals surface area contributed by atoms with Gasteiger partial charge in [-0.3, -0.25) is 4.79 Å². The first kappa shape index (κ1) is 53.1. The number of ether oxygens (including phenoxy) is 9. The van der Waals surface area contributed by atoms with E-state index in [-0.39, 0.29) is 43.6 Å². The lowest BCUT2D eigenvalue weighted by atomic mass is 9.75. The van der Waals surface area contributed by atoms with Gasteiger partial charge in [-0.1, -0.05) is 26.0 Å². The van der Waals surface area contributed by atoms with E-state index >= 15 is 0 Å². The summed E-state index contributed by atoms with van der Waals surface area (Å²) in [6.45, 7) is 16.0. The van der Waals surface area contributed by atoms with Crippen molar-refractivity contribution >= 4 is 5.97 Å². The van der Waals surface area contributed by atoms with Crippen LogP contribution in [0.15, 0.2) is 30.5 Å².